The number of fused-ring (bicyclic) bond motifs is 1. The van der Waals surface area contributed by atoms with Gasteiger partial charge in [-0.25, -0.2) is 0 Å². The summed E-state index contributed by atoms with van der Waals surface area (Å²) in [4.78, 5) is 13.4. The normalized spacial score (nSPS) is 20.2. The van der Waals surface area contributed by atoms with Gasteiger partial charge in [-0.15, -0.1) is 0 Å². The lowest BCUT2D eigenvalue weighted by Gasteiger charge is -2.42. The van der Waals surface area contributed by atoms with E-state index in [9.17, 15) is 23.1 Å². The number of para-hydroxylation sites is 1. The maximum atomic E-state index is 13.1. The fourth-order valence-corrected chi connectivity index (χ4v) is 3.31. The molecule has 1 aliphatic heterocycles. The van der Waals surface area contributed by atoms with Gasteiger partial charge in [-0.1, -0.05) is 24.3 Å². The number of benzene rings is 2. The summed E-state index contributed by atoms with van der Waals surface area (Å²) in [5.74, 6) is -1.29. The average molecular weight is 350 g/mol. The van der Waals surface area contributed by atoms with E-state index >= 15 is 0 Å². The number of halogens is 3. The molecule has 0 bridgehead atoms. The molecule has 0 aliphatic carbocycles. The molecular weight excluding hydrogens is 333 g/mol. The van der Waals surface area contributed by atoms with Crippen LogP contribution in [-0.2, 0) is 17.4 Å². The molecule has 2 unspecified atom stereocenters. The van der Waals surface area contributed by atoms with Crippen LogP contribution < -0.4 is 10.6 Å². The van der Waals surface area contributed by atoms with Crippen LogP contribution in [0.15, 0.2) is 48.5 Å². The Balaban J connectivity index is 2.16. The molecule has 2 aromatic carbocycles. The maximum absolute atomic E-state index is 13.1. The third kappa shape index (κ3) is 3.19. The molecule has 0 saturated carbocycles. The Bertz CT molecular complexity index is 792. The van der Waals surface area contributed by atoms with Gasteiger partial charge >= 0.3 is 6.18 Å². The number of anilines is 2. The highest BCUT2D eigenvalue weighted by atomic mass is 19.4. The summed E-state index contributed by atoms with van der Waals surface area (Å²) < 4.78 is 39.2. The molecule has 1 amide bonds. The van der Waals surface area contributed by atoms with Gasteiger partial charge in [0.1, 0.15) is 0 Å². The number of rotatable bonds is 3. The Morgan fingerprint density at radius 1 is 1.20 bits per heavy atom. The van der Waals surface area contributed by atoms with Crippen LogP contribution in [0.4, 0.5) is 24.5 Å². The summed E-state index contributed by atoms with van der Waals surface area (Å²) in [7, 11) is 0. The second-order valence-corrected chi connectivity index (χ2v) is 6.01. The van der Waals surface area contributed by atoms with E-state index in [1.165, 1.54) is 12.1 Å². The highest BCUT2D eigenvalue weighted by molar-refractivity contribution is 5.82. The highest BCUT2D eigenvalue weighted by Crippen LogP contribution is 2.41. The van der Waals surface area contributed by atoms with Gasteiger partial charge in [0.2, 0.25) is 5.91 Å². The molecule has 2 aromatic rings. The lowest BCUT2D eigenvalue weighted by molar-refractivity contribution is -0.137. The number of carbonyl (C=O) groups is 1. The minimum Gasteiger partial charge on any atom is -0.394 e. The Morgan fingerprint density at radius 2 is 1.92 bits per heavy atom. The molecule has 0 saturated heterocycles. The van der Waals surface area contributed by atoms with Gasteiger partial charge in [-0.2, -0.15) is 13.2 Å². The van der Waals surface area contributed by atoms with Crippen LogP contribution in [0.5, 0.6) is 0 Å². The molecule has 25 heavy (non-hydrogen) atoms. The summed E-state index contributed by atoms with van der Waals surface area (Å²) in [6.07, 6.45) is -4.14. The SMILES string of the molecule is NC(=O)C1Cc2ccccc2N(c2cccc(C(F)(F)F)c2)C1CO. The molecule has 7 heteroatoms. The molecule has 4 nitrogen and oxygen atoms in total. The van der Waals surface area contributed by atoms with Gasteiger partial charge in [0.05, 0.1) is 24.1 Å². The topological polar surface area (TPSA) is 66.6 Å². The first-order valence-electron chi connectivity index (χ1n) is 7.77. The molecule has 0 aromatic heterocycles. The molecule has 0 radical (unpaired) electrons. The Labute approximate surface area is 142 Å². The molecule has 1 aliphatic rings. The molecule has 0 spiro atoms. The van der Waals surface area contributed by atoms with Crippen molar-refractivity contribution >= 4 is 17.3 Å². The van der Waals surface area contributed by atoms with Crippen molar-refractivity contribution in [1.82, 2.24) is 0 Å². The van der Waals surface area contributed by atoms with Gasteiger partial charge in [-0.3, -0.25) is 4.79 Å². The van der Waals surface area contributed by atoms with Crippen molar-refractivity contribution in [2.24, 2.45) is 11.7 Å². The first kappa shape index (κ1) is 17.3. The molecule has 2 atom stereocenters. The molecule has 3 rings (SSSR count). The van der Waals surface area contributed by atoms with Crippen LogP contribution in [0.3, 0.4) is 0 Å². The number of amides is 1. The first-order valence-corrected chi connectivity index (χ1v) is 7.77. The summed E-state index contributed by atoms with van der Waals surface area (Å²) >= 11 is 0. The zero-order chi connectivity index (χ0) is 18.2. The number of aliphatic hydroxyl groups excluding tert-OH is 1. The zero-order valence-electron chi connectivity index (χ0n) is 13.2. The third-order valence-electron chi connectivity index (χ3n) is 4.49. The minimum absolute atomic E-state index is 0.257. The summed E-state index contributed by atoms with van der Waals surface area (Å²) in [5, 5.41) is 9.83. The van der Waals surface area contributed by atoms with Crippen molar-refractivity contribution in [2.75, 3.05) is 11.5 Å². The third-order valence-corrected chi connectivity index (χ3v) is 4.49. The highest BCUT2D eigenvalue weighted by Gasteiger charge is 2.38. The molecule has 3 N–H and O–H groups in total. The maximum Gasteiger partial charge on any atom is 0.416 e. The van der Waals surface area contributed by atoms with E-state index in [0.717, 1.165) is 17.7 Å². The largest absolute Gasteiger partial charge is 0.416 e. The zero-order valence-corrected chi connectivity index (χ0v) is 13.2. The van der Waals surface area contributed by atoms with Gasteiger partial charge < -0.3 is 15.7 Å². The van der Waals surface area contributed by atoms with E-state index in [0.29, 0.717) is 12.1 Å². The van der Waals surface area contributed by atoms with Crippen molar-refractivity contribution in [3.63, 3.8) is 0 Å². The van der Waals surface area contributed by atoms with Crippen LogP contribution in [0.1, 0.15) is 11.1 Å². The number of primary amides is 1. The lowest BCUT2D eigenvalue weighted by Crippen LogP contribution is -2.50. The van der Waals surface area contributed by atoms with E-state index < -0.39 is 36.2 Å². The van der Waals surface area contributed by atoms with E-state index in [4.69, 9.17) is 5.73 Å². The van der Waals surface area contributed by atoms with Crippen LogP contribution in [0.2, 0.25) is 0 Å². The number of alkyl halides is 3. The van der Waals surface area contributed by atoms with E-state index in [-0.39, 0.29) is 5.69 Å². The quantitative estimate of drug-likeness (QED) is 0.895. The Hall–Kier alpha value is -2.54. The van der Waals surface area contributed by atoms with Gasteiger partial charge in [0.15, 0.2) is 0 Å². The van der Waals surface area contributed by atoms with E-state index in [1.807, 2.05) is 0 Å². The van der Waals surface area contributed by atoms with Crippen molar-refractivity contribution in [1.29, 1.82) is 0 Å². The van der Waals surface area contributed by atoms with Crippen LogP contribution >= 0.6 is 0 Å². The number of nitrogens with two attached hydrogens (primary N) is 1. The molecule has 1 heterocycles. The number of hydrogen-bond acceptors (Lipinski definition) is 3. The van der Waals surface area contributed by atoms with E-state index in [1.54, 1.807) is 29.2 Å². The lowest BCUT2D eigenvalue weighted by atomic mass is 9.84. The monoisotopic (exact) mass is 350 g/mol. The summed E-state index contributed by atoms with van der Waals surface area (Å²) in [6, 6.07) is 11.2. The average Bonchev–Trinajstić information content (AvgIpc) is 2.59. The van der Waals surface area contributed by atoms with E-state index in [2.05, 4.69) is 0 Å². The van der Waals surface area contributed by atoms with Gasteiger partial charge in [-0.05, 0) is 36.2 Å². The smallest absolute Gasteiger partial charge is 0.394 e. The van der Waals surface area contributed by atoms with Crippen LogP contribution in [0.25, 0.3) is 0 Å². The van der Waals surface area contributed by atoms with Crippen molar-refractivity contribution in [3.05, 3.63) is 59.7 Å². The molecule has 132 valence electrons. The fourth-order valence-electron chi connectivity index (χ4n) is 3.31. The Kier molecular flexibility index (Phi) is 4.43. The number of hydrogen-bond donors (Lipinski definition) is 2. The number of carbonyl (C=O) groups excluding carboxylic acids is 1. The number of aliphatic hydroxyl groups is 1. The van der Waals surface area contributed by atoms with Crippen molar-refractivity contribution < 1.29 is 23.1 Å². The predicted molar refractivity (Wildman–Crippen MR) is 87.3 cm³/mol. The van der Waals surface area contributed by atoms with Crippen molar-refractivity contribution in [2.45, 2.75) is 18.6 Å². The second kappa shape index (κ2) is 6.40. The molecule has 0 fully saturated rings. The van der Waals surface area contributed by atoms with Gasteiger partial charge in [0.25, 0.3) is 0 Å². The first-order chi connectivity index (χ1) is 11.8. The minimum atomic E-state index is -4.48. The Morgan fingerprint density at radius 3 is 2.56 bits per heavy atom. The fraction of sp³-hybridized carbons (Fsp3) is 0.278. The standard InChI is InChI=1S/C18H17F3N2O2/c19-18(20,21)12-5-3-6-13(9-12)23-15-7-2-1-4-11(15)8-14(17(22)25)16(23)10-24/h1-7,9,14,16,24H,8,10H2,(H2,22,25). The molecular formula is C18H17F3N2O2. The van der Waals surface area contributed by atoms with Crippen LogP contribution in [-0.4, -0.2) is 23.7 Å². The summed E-state index contributed by atoms with van der Waals surface area (Å²) in [5.41, 5.74) is 6.40. The predicted octanol–water partition coefficient (Wildman–Crippen LogP) is 2.86. The second-order valence-electron chi connectivity index (χ2n) is 6.01. The summed E-state index contributed by atoms with van der Waals surface area (Å²) in [6.45, 7) is -0.405. The van der Waals surface area contributed by atoms with Crippen molar-refractivity contribution in [3.8, 4) is 0 Å². The van der Waals surface area contributed by atoms with Gasteiger partial charge in [0, 0.05) is 11.4 Å². The van der Waals surface area contributed by atoms with Crippen LogP contribution in [0, 0.1) is 5.92 Å². The number of nitrogens with zero attached hydrogens (tertiary/aromatic N) is 1.